The monoisotopic (exact) mass is 630 g/mol. The first-order chi connectivity index (χ1) is 23.0. The number of rotatable bonds is 14. The third-order valence-corrected chi connectivity index (χ3v) is 7.00. The van der Waals surface area contributed by atoms with E-state index in [1.54, 1.807) is 65.5 Å². The SMILES string of the molecule is CCCOc1ccc(-c2nn(-c3ccccc3)cc2C=C(C(=O)Nc2ccc(OCC)cc2)C(=O)Nc2ccc(OCC)cc2)cc1. The first-order valence-electron chi connectivity index (χ1n) is 15.7. The van der Waals surface area contributed by atoms with Crippen LogP contribution in [0.3, 0.4) is 0 Å². The minimum atomic E-state index is -0.584. The van der Waals surface area contributed by atoms with Crippen molar-refractivity contribution in [2.45, 2.75) is 27.2 Å². The second-order valence-electron chi connectivity index (χ2n) is 10.5. The molecule has 0 atom stereocenters. The predicted octanol–water partition coefficient (Wildman–Crippen LogP) is 7.79. The molecule has 4 aromatic carbocycles. The number of nitrogens with one attached hydrogen (secondary N) is 2. The number of ether oxygens (including phenoxy) is 3. The molecule has 0 aliphatic rings. The van der Waals surface area contributed by atoms with Crippen LogP contribution in [0.4, 0.5) is 11.4 Å². The topological polar surface area (TPSA) is 104 Å². The van der Waals surface area contributed by atoms with E-state index in [-0.39, 0.29) is 5.57 Å². The van der Waals surface area contributed by atoms with E-state index in [0.29, 0.717) is 54.0 Å². The molecule has 0 aliphatic heterocycles. The van der Waals surface area contributed by atoms with Gasteiger partial charge in [0.25, 0.3) is 11.8 Å². The van der Waals surface area contributed by atoms with E-state index in [2.05, 4.69) is 17.6 Å². The molecule has 2 amide bonds. The number of hydrogen-bond donors (Lipinski definition) is 2. The normalized spacial score (nSPS) is 10.5. The minimum Gasteiger partial charge on any atom is -0.494 e. The van der Waals surface area contributed by atoms with Crippen molar-refractivity contribution < 1.29 is 23.8 Å². The first-order valence-corrected chi connectivity index (χ1v) is 15.7. The van der Waals surface area contributed by atoms with Gasteiger partial charge >= 0.3 is 0 Å². The Morgan fingerprint density at radius 1 is 0.681 bits per heavy atom. The molecule has 9 heteroatoms. The molecule has 0 fully saturated rings. The molecular weight excluding hydrogens is 592 g/mol. The van der Waals surface area contributed by atoms with E-state index < -0.39 is 11.8 Å². The van der Waals surface area contributed by atoms with Gasteiger partial charge in [-0.3, -0.25) is 9.59 Å². The van der Waals surface area contributed by atoms with E-state index in [1.807, 2.05) is 68.4 Å². The van der Waals surface area contributed by atoms with Crippen molar-refractivity contribution in [2.24, 2.45) is 0 Å². The van der Waals surface area contributed by atoms with Gasteiger partial charge in [-0.25, -0.2) is 4.68 Å². The average molecular weight is 631 g/mol. The molecule has 0 radical (unpaired) electrons. The maximum Gasteiger partial charge on any atom is 0.261 e. The highest BCUT2D eigenvalue weighted by Gasteiger charge is 2.22. The number of para-hydroxylation sites is 1. The van der Waals surface area contributed by atoms with E-state index >= 15 is 0 Å². The van der Waals surface area contributed by atoms with Crippen molar-refractivity contribution in [3.05, 3.63) is 120 Å². The highest BCUT2D eigenvalue weighted by atomic mass is 16.5. The largest absolute Gasteiger partial charge is 0.494 e. The zero-order valence-corrected chi connectivity index (χ0v) is 26.7. The molecule has 1 aromatic heterocycles. The maximum atomic E-state index is 13.8. The van der Waals surface area contributed by atoms with Crippen molar-refractivity contribution >= 4 is 29.3 Å². The van der Waals surface area contributed by atoms with Gasteiger partial charge in [0, 0.05) is 28.7 Å². The molecule has 0 bridgehead atoms. The number of carbonyl (C=O) groups is 2. The Bertz CT molecular complexity index is 1730. The van der Waals surface area contributed by atoms with E-state index in [0.717, 1.165) is 23.4 Å². The van der Waals surface area contributed by atoms with E-state index in [1.165, 1.54) is 0 Å². The number of anilines is 2. The van der Waals surface area contributed by atoms with Gasteiger partial charge in [0.2, 0.25) is 0 Å². The van der Waals surface area contributed by atoms with Crippen molar-refractivity contribution in [2.75, 3.05) is 30.5 Å². The van der Waals surface area contributed by atoms with E-state index in [4.69, 9.17) is 19.3 Å². The Labute approximate surface area is 274 Å². The van der Waals surface area contributed by atoms with Crippen molar-refractivity contribution in [1.82, 2.24) is 9.78 Å². The van der Waals surface area contributed by atoms with Crippen LogP contribution in [0.15, 0.2) is 115 Å². The lowest BCUT2D eigenvalue weighted by Gasteiger charge is -2.12. The molecule has 1 heterocycles. The summed E-state index contributed by atoms with van der Waals surface area (Å²) in [7, 11) is 0. The highest BCUT2D eigenvalue weighted by molar-refractivity contribution is 6.29. The molecule has 0 unspecified atom stereocenters. The molecule has 5 aromatic rings. The zero-order valence-electron chi connectivity index (χ0n) is 26.7. The number of hydrogen-bond acceptors (Lipinski definition) is 6. The summed E-state index contributed by atoms with van der Waals surface area (Å²) in [5.74, 6) is 0.941. The molecule has 9 nitrogen and oxygen atoms in total. The molecule has 5 rings (SSSR count). The quantitative estimate of drug-likeness (QED) is 0.0738. The maximum absolute atomic E-state index is 13.8. The van der Waals surface area contributed by atoms with Gasteiger partial charge in [-0.15, -0.1) is 0 Å². The Balaban J connectivity index is 1.54. The van der Waals surface area contributed by atoms with Gasteiger partial charge in [0.1, 0.15) is 22.8 Å². The molecule has 47 heavy (non-hydrogen) atoms. The third kappa shape index (κ3) is 8.67. The Hall–Kier alpha value is -5.83. The van der Waals surface area contributed by atoms with Crippen LogP contribution in [0.25, 0.3) is 23.0 Å². The lowest BCUT2D eigenvalue weighted by atomic mass is 10.0. The average Bonchev–Trinajstić information content (AvgIpc) is 3.53. The van der Waals surface area contributed by atoms with Crippen molar-refractivity contribution in [3.8, 4) is 34.2 Å². The fourth-order valence-electron chi connectivity index (χ4n) is 4.75. The molecule has 0 aliphatic carbocycles. The summed E-state index contributed by atoms with van der Waals surface area (Å²) in [6.45, 7) is 7.53. The highest BCUT2D eigenvalue weighted by Crippen LogP contribution is 2.29. The molecule has 0 spiro atoms. The van der Waals surface area contributed by atoms with Crippen LogP contribution in [0.1, 0.15) is 32.8 Å². The standard InChI is InChI=1S/C38H38N4O5/c1-4-24-47-34-18-12-27(13-19-34)36-28(26-42(41-36)31-10-8-7-9-11-31)25-35(37(43)39-29-14-20-32(21-15-29)45-5-2)38(44)40-30-16-22-33(23-17-30)46-6-3/h7-23,25-26H,4-6,24H2,1-3H3,(H,39,43)(H,40,44). The summed E-state index contributed by atoms with van der Waals surface area (Å²) in [4.78, 5) is 27.7. The third-order valence-electron chi connectivity index (χ3n) is 7.00. The van der Waals surface area contributed by atoms with Gasteiger partial charge in [-0.05, 0) is 111 Å². The number of benzene rings is 4. The lowest BCUT2D eigenvalue weighted by molar-refractivity contribution is -0.118. The summed E-state index contributed by atoms with van der Waals surface area (Å²) >= 11 is 0. The fourth-order valence-corrected chi connectivity index (χ4v) is 4.75. The summed E-state index contributed by atoms with van der Waals surface area (Å²) in [5.41, 5.74) is 3.72. The van der Waals surface area contributed by atoms with E-state index in [9.17, 15) is 9.59 Å². The van der Waals surface area contributed by atoms with Gasteiger partial charge < -0.3 is 24.8 Å². The van der Waals surface area contributed by atoms with Crippen LogP contribution in [0.2, 0.25) is 0 Å². The predicted molar refractivity (Wildman–Crippen MR) is 185 cm³/mol. The second-order valence-corrected chi connectivity index (χ2v) is 10.5. The van der Waals surface area contributed by atoms with Gasteiger partial charge in [-0.1, -0.05) is 25.1 Å². The van der Waals surface area contributed by atoms with Gasteiger partial charge in [0.05, 0.1) is 31.2 Å². The minimum absolute atomic E-state index is 0.107. The number of aromatic nitrogens is 2. The van der Waals surface area contributed by atoms with Gasteiger partial charge in [0.15, 0.2) is 0 Å². The lowest BCUT2D eigenvalue weighted by Crippen LogP contribution is -2.25. The Morgan fingerprint density at radius 3 is 1.70 bits per heavy atom. The van der Waals surface area contributed by atoms with Crippen LogP contribution in [-0.2, 0) is 9.59 Å². The fraction of sp³-hybridized carbons (Fsp3) is 0.184. The molecule has 2 N–H and O–H groups in total. The molecule has 240 valence electrons. The summed E-state index contributed by atoms with van der Waals surface area (Å²) < 4.78 is 18.6. The van der Waals surface area contributed by atoms with Crippen LogP contribution in [0, 0.1) is 0 Å². The molecule has 0 saturated heterocycles. The van der Waals surface area contributed by atoms with Crippen LogP contribution in [-0.4, -0.2) is 41.4 Å². The van der Waals surface area contributed by atoms with Crippen LogP contribution < -0.4 is 24.8 Å². The second kappa shape index (κ2) is 15.9. The van der Waals surface area contributed by atoms with Crippen molar-refractivity contribution in [3.63, 3.8) is 0 Å². The summed E-state index contributed by atoms with van der Waals surface area (Å²) in [5, 5.41) is 10.6. The zero-order chi connectivity index (χ0) is 33.0. The summed E-state index contributed by atoms with van der Waals surface area (Å²) in [6, 6.07) is 31.2. The number of carbonyl (C=O) groups excluding carboxylic acids is 2. The Kier molecular flexibility index (Phi) is 11.0. The van der Waals surface area contributed by atoms with Crippen LogP contribution in [0.5, 0.6) is 17.2 Å². The first kappa shape index (κ1) is 32.6. The molecular formula is C38H38N4O5. The summed E-state index contributed by atoms with van der Waals surface area (Å²) in [6.07, 6.45) is 4.27. The number of amides is 2. The van der Waals surface area contributed by atoms with Gasteiger partial charge in [-0.2, -0.15) is 5.10 Å². The Morgan fingerprint density at radius 2 is 1.19 bits per heavy atom. The smallest absolute Gasteiger partial charge is 0.261 e. The van der Waals surface area contributed by atoms with Crippen LogP contribution >= 0.6 is 0 Å². The van der Waals surface area contributed by atoms with Crippen molar-refractivity contribution in [1.29, 1.82) is 0 Å². The number of nitrogens with zero attached hydrogens (tertiary/aromatic N) is 2. The molecule has 0 saturated carbocycles.